The SMILES string of the molecule is O=C(/C=C/C(=O)Nc1ccc(NC(=O)c2ccc([N+](=O)[O-])o2)cc1)NCCNc1cccc2c1C(=O)N(C1CCC(=O)NC1=O)C2=O. The number of piperidine rings is 1. The lowest BCUT2D eigenvalue weighted by Crippen LogP contribution is -2.54. The molecule has 1 fully saturated rings. The first-order chi connectivity index (χ1) is 22.5. The molecule has 1 unspecified atom stereocenters. The van der Waals surface area contributed by atoms with E-state index in [2.05, 4.69) is 26.6 Å². The van der Waals surface area contributed by atoms with Crippen LogP contribution in [-0.4, -0.2) is 70.3 Å². The van der Waals surface area contributed by atoms with E-state index in [-0.39, 0.29) is 42.8 Å². The van der Waals surface area contributed by atoms with Crippen LogP contribution in [-0.2, 0) is 19.2 Å². The lowest BCUT2D eigenvalue weighted by Gasteiger charge is -2.27. The summed E-state index contributed by atoms with van der Waals surface area (Å²) < 4.78 is 4.85. The van der Waals surface area contributed by atoms with Crippen molar-refractivity contribution < 1.29 is 42.9 Å². The number of amides is 7. The molecule has 0 bridgehead atoms. The van der Waals surface area contributed by atoms with E-state index in [9.17, 15) is 43.7 Å². The highest BCUT2D eigenvalue weighted by atomic mass is 16.6. The zero-order chi connectivity index (χ0) is 33.7. The molecule has 0 spiro atoms. The Kier molecular flexibility index (Phi) is 9.16. The third kappa shape index (κ3) is 7.19. The van der Waals surface area contributed by atoms with Crippen LogP contribution in [0.1, 0.15) is 44.1 Å². The van der Waals surface area contributed by atoms with Crippen LogP contribution in [0.4, 0.5) is 22.9 Å². The van der Waals surface area contributed by atoms with Crippen LogP contribution in [0, 0.1) is 10.1 Å². The predicted molar refractivity (Wildman–Crippen MR) is 162 cm³/mol. The predicted octanol–water partition coefficient (Wildman–Crippen LogP) is 1.56. The average molecular weight is 644 g/mol. The number of nitro groups is 1. The van der Waals surface area contributed by atoms with Crippen molar-refractivity contribution in [3.63, 3.8) is 0 Å². The van der Waals surface area contributed by atoms with Gasteiger partial charge in [-0.25, -0.2) is 0 Å². The first kappa shape index (κ1) is 31.8. The van der Waals surface area contributed by atoms with Crippen molar-refractivity contribution in [2.24, 2.45) is 0 Å². The molecule has 2 aromatic carbocycles. The largest absolute Gasteiger partial charge is 0.433 e. The van der Waals surface area contributed by atoms with Gasteiger partial charge in [-0.2, -0.15) is 0 Å². The number of nitrogens with one attached hydrogen (secondary N) is 5. The molecule has 0 aliphatic carbocycles. The summed E-state index contributed by atoms with van der Waals surface area (Å²) in [5.74, 6) is -5.19. The zero-order valence-electron chi connectivity index (χ0n) is 24.2. The highest BCUT2D eigenvalue weighted by molar-refractivity contribution is 6.25. The molecule has 5 rings (SSSR count). The molecule has 240 valence electrons. The number of anilines is 3. The van der Waals surface area contributed by atoms with Crippen LogP contribution in [0.2, 0.25) is 0 Å². The van der Waals surface area contributed by atoms with Gasteiger partial charge in [0.2, 0.25) is 23.6 Å². The molecule has 1 saturated heterocycles. The average Bonchev–Trinajstić information content (AvgIpc) is 3.64. The number of furan rings is 1. The Morgan fingerprint density at radius 3 is 2.30 bits per heavy atom. The Bertz CT molecular complexity index is 1850. The summed E-state index contributed by atoms with van der Waals surface area (Å²) in [4.78, 5) is 97.3. The van der Waals surface area contributed by atoms with Crippen LogP contribution < -0.4 is 26.6 Å². The number of benzene rings is 2. The van der Waals surface area contributed by atoms with Gasteiger partial charge in [-0.3, -0.25) is 53.9 Å². The van der Waals surface area contributed by atoms with Crippen molar-refractivity contribution in [2.45, 2.75) is 18.9 Å². The van der Waals surface area contributed by atoms with Gasteiger partial charge in [0, 0.05) is 48.7 Å². The van der Waals surface area contributed by atoms with Crippen molar-refractivity contribution in [1.29, 1.82) is 0 Å². The topological polar surface area (TPSA) is 239 Å². The minimum atomic E-state index is -1.09. The minimum absolute atomic E-state index is 0.00494. The molecule has 2 aliphatic rings. The minimum Gasteiger partial charge on any atom is -0.395 e. The molecule has 0 radical (unpaired) electrons. The zero-order valence-corrected chi connectivity index (χ0v) is 24.2. The third-order valence-electron chi connectivity index (χ3n) is 7.00. The maximum absolute atomic E-state index is 13.2. The highest BCUT2D eigenvalue weighted by Gasteiger charge is 2.45. The highest BCUT2D eigenvalue weighted by Crippen LogP contribution is 2.32. The Morgan fingerprint density at radius 2 is 1.62 bits per heavy atom. The summed E-state index contributed by atoms with van der Waals surface area (Å²) in [6, 6.07) is 11.7. The van der Waals surface area contributed by atoms with Gasteiger partial charge in [0.25, 0.3) is 17.7 Å². The molecule has 1 aromatic heterocycles. The van der Waals surface area contributed by atoms with E-state index in [0.717, 1.165) is 23.1 Å². The van der Waals surface area contributed by atoms with Crippen LogP contribution in [0.3, 0.4) is 0 Å². The van der Waals surface area contributed by atoms with E-state index < -0.39 is 58.2 Å². The van der Waals surface area contributed by atoms with E-state index in [1.807, 2.05) is 0 Å². The van der Waals surface area contributed by atoms with Crippen molar-refractivity contribution in [1.82, 2.24) is 15.5 Å². The monoisotopic (exact) mass is 643 g/mol. The quantitative estimate of drug-likeness (QED) is 0.0660. The van der Waals surface area contributed by atoms with Gasteiger partial charge in [0.15, 0.2) is 5.76 Å². The number of hydrogen-bond acceptors (Lipinski definition) is 11. The van der Waals surface area contributed by atoms with E-state index in [1.54, 1.807) is 12.1 Å². The van der Waals surface area contributed by atoms with Gasteiger partial charge in [-0.15, -0.1) is 0 Å². The molecular formula is C30H25N7O10. The number of hydrogen-bond donors (Lipinski definition) is 5. The molecule has 7 amide bonds. The summed E-state index contributed by atoms with van der Waals surface area (Å²) in [6.45, 7) is 0.244. The number of carbonyl (C=O) groups is 7. The van der Waals surface area contributed by atoms with Gasteiger partial charge >= 0.3 is 5.88 Å². The fraction of sp³-hybridized carbons (Fsp3) is 0.167. The molecule has 2 aliphatic heterocycles. The molecule has 3 aromatic rings. The standard InChI is InChI=1S/C30H25N7O10/c38-22(11-12-23(39)33-16-4-6-17(7-5-16)34-28(42)21-9-13-25(47-21)37(45)46)32-15-14-31-19-3-1-2-18-26(19)30(44)36(29(18)43)20-8-10-24(40)35-27(20)41/h1-7,9,11-13,20,31H,8,10,14-15H2,(H,32,38)(H,33,39)(H,34,42)(H,35,40,41)/b12-11+. The number of nitrogens with zero attached hydrogens (tertiary/aromatic N) is 2. The second-order valence-electron chi connectivity index (χ2n) is 10.1. The molecule has 5 N–H and O–H groups in total. The van der Waals surface area contributed by atoms with Crippen LogP contribution in [0.5, 0.6) is 0 Å². The van der Waals surface area contributed by atoms with Crippen molar-refractivity contribution in [2.75, 3.05) is 29.0 Å². The number of imide groups is 2. The van der Waals surface area contributed by atoms with E-state index in [0.29, 0.717) is 17.1 Å². The second kappa shape index (κ2) is 13.6. The molecule has 0 saturated carbocycles. The molecular weight excluding hydrogens is 618 g/mol. The van der Waals surface area contributed by atoms with E-state index >= 15 is 0 Å². The fourth-order valence-electron chi connectivity index (χ4n) is 4.82. The number of fused-ring (bicyclic) bond motifs is 1. The molecule has 47 heavy (non-hydrogen) atoms. The molecule has 17 heteroatoms. The molecule has 3 heterocycles. The summed E-state index contributed by atoms with van der Waals surface area (Å²) >= 11 is 0. The summed E-state index contributed by atoms with van der Waals surface area (Å²) in [6.07, 6.45) is 2.07. The summed E-state index contributed by atoms with van der Waals surface area (Å²) in [7, 11) is 0. The van der Waals surface area contributed by atoms with Gasteiger partial charge in [0.1, 0.15) is 11.0 Å². The lowest BCUT2D eigenvalue weighted by molar-refractivity contribution is -0.402. The summed E-state index contributed by atoms with van der Waals surface area (Å²) in [5.41, 5.74) is 1.22. The van der Waals surface area contributed by atoms with Gasteiger partial charge in [-0.05, 0) is 48.9 Å². The number of carbonyl (C=O) groups excluding carboxylic acids is 7. The first-order valence-electron chi connectivity index (χ1n) is 14.0. The fourth-order valence-corrected chi connectivity index (χ4v) is 4.82. The lowest BCUT2D eigenvalue weighted by atomic mass is 10.0. The smallest absolute Gasteiger partial charge is 0.395 e. The van der Waals surface area contributed by atoms with Crippen molar-refractivity contribution >= 4 is 64.3 Å². The first-order valence-corrected chi connectivity index (χ1v) is 14.0. The van der Waals surface area contributed by atoms with Crippen LogP contribution in [0.25, 0.3) is 0 Å². The van der Waals surface area contributed by atoms with Gasteiger partial charge < -0.3 is 25.7 Å². The van der Waals surface area contributed by atoms with Crippen molar-refractivity contribution in [3.05, 3.63) is 93.8 Å². The Hall–Kier alpha value is -6.65. The molecule has 1 atom stereocenters. The normalized spacial score (nSPS) is 15.7. The Labute approximate surface area is 264 Å². The molecule has 17 nitrogen and oxygen atoms in total. The van der Waals surface area contributed by atoms with Gasteiger partial charge in [-0.1, -0.05) is 6.07 Å². The third-order valence-corrected chi connectivity index (χ3v) is 7.00. The second-order valence-corrected chi connectivity index (χ2v) is 10.1. The maximum atomic E-state index is 13.2. The van der Waals surface area contributed by atoms with Gasteiger partial charge in [0.05, 0.1) is 17.2 Å². The Balaban J connectivity index is 1.06. The maximum Gasteiger partial charge on any atom is 0.433 e. The number of rotatable bonds is 11. The van der Waals surface area contributed by atoms with E-state index in [1.165, 1.54) is 36.4 Å². The van der Waals surface area contributed by atoms with Crippen LogP contribution >= 0.6 is 0 Å². The summed E-state index contributed by atoms with van der Waals surface area (Å²) in [5, 5.41) is 23.5. The van der Waals surface area contributed by atoms with Crippen molar-refractivity contribution in [3.8, 4) is 0 Å². The van der Waals surface area contributed by atoms with Crippen LogP contribution in [0.15, 0.2) is 71.2 Å². The van der Waals surface area contributed by atoms with E-state index in [4.69, 9.17) is 4.42 Å². The Morgan fingerprint density at radius 1 is 0.915 bits per heavy atom.